The van der Waals surface area contributed by atoms with Crippen LogP contribution in [0.15, 0.2) is 36.4 Å². The molecule has 0 fully saturated rings. The third-order valence-corrected chi connectivity index (χ3v) is 3.54. The van der Waals surface area contributed by atoms with Gasteiger partial charge in [0.25, 0.3) is 5.91 Å². The van der Waals surface area contributed by atoms with Crippen molar-refractivity contribution in [3.63, 3.8) is 0 Å². The minimum absolute atomic E-state index is 0.375. The Balaban J connectivity index is 2.10. The lowest BCUT2D eigenvalue weighted by Gasteiger charge is -2.21. The Morgan fingerprint density at radius 1 is 1.12 bits per heavy atom. The van der Waals surface area contributed by atoms with Crippen LogP contribution < -0.4 is 10.1 Å². The van der Waals surface area contributed by atoms with Crippen molar-refractivity contribution in [3.05, 3.63) is 65.0 Å². The van der Waals surface area contributed by atoms with E-state index in [0.29, 0.717) is 23.4 Å². The molecular formula is C17H16F3NO3. The molecule has 2 aromatic rings. The van der Waals surface area contributed by atoms with Gasteiger partial charge >= 0.3 is 0 Å². The molecule has 2 rings (SSSR count). The summed E-state index contributed by atoms with van der Waals surface area (Å²) < 4.78 is 44.3. The second kappa shape index (κ2) is 7.35. The molecule has 4 nitrogen and oxygen atoms in total. The molecule has 0 radical (unpaired) electrons. The van der Waals surface area contributed by atoms with Crippen LogP contribution in [0, 0.1) is 17.5 Å². The van der Waals surface area contributed by atoms with Gasteiger partial charge in [0.15, 0.2) is 17.5 Å². The van der Waals surface area contributed by atoms with Gasteiger partial charge in [-0.15, -0.1) is 0 Å². The van der Waals surface area contributed by atoms with Crippen LogP contribution in [0.2, 0.25) is 0 Å². The van der Waals surface area contributed by atoms with Gasteiger partial charge in [0.1, 0.15) is 5.75 Å². The number of aliphatic hydroxyl groups is 1. The number of carbonyl (C=O) groups excluding carboxylic acids is 1. The molecule has 24 heavy (non-hydrogen) atoms. The standard InChI is InChI=1S/C17H16F3NO3/c1-9(16(22)10-3-5-12(24-2)6-4-10)21-17(23)11-7-13(18)15(20)14(19)8-11/h3-9,16,22H,1-2H3,(H,21,23). The highest BCUT2D eigenvalue weighted by Gasteiger charge is 2.21. The second-order valence-electron chi connectivity index (χ2n) is 5.23. The number of carbonyl (C=O) groups is 1. The lowest BCUT2D eigenvalue weighted by Crippen LogP contribution is -2.37. The summed E-state index contributed by atoms with van der Waals surface area (Å²) in [7, 11) is 1.51. The zero-order valence-corrected chi connectivity index (χ0v) is 13.0. The van der Waals surface area contributed by atoms with E-state index in [4.69, 9.17) is 4.74 Å². The van der Waals surface area contributed by atoms with Gasteiger partial charge in [-0.05, 0) is 36.8 Å². The maximum absolute atomic E-state index is 13.2. The monoisotopic (exact) mass is 339 g/mol. The van der Waals surface area contributed by atoms with Crippen molar-refractivity contribution in [1.82, 2.24) is 5.32 Å². The summed E-state index contributed by atoms with van der Waals surface area (Å²) in [5.74, 6) is -4.77. The average molecular weight is 339 g/mol. The van der Waals surface area contributed by atoms with Crippen LogP contribution in [0.4, 0.5) is 13.2 Å². The SMILES string of the molecule is COc1ccc(C(O)C(C)NC(=O)c2cc(F)c(F)c(F)c2)cc1. The van der Waals surface area contributed by atoms with Crippen molar-refractivity contribution >= 4 is 5.91 Å². The van der Waals surface area contributed by atoms with Gasteiger partial charge in [-0.2, -0.15) is 0 Å². The minimum Gasteiger partial charge on any atom is -0.497 e. The normalized spacial score (nSPS) is 13.2. The van der Waals surface area contributed by atoms with Gasteiger partial charge < -0.3 is 15.2 Å². The summed E-state index contributed by atoms with van der Waals surface area (Å²) in [5, 5.41) is 12.7. The summed E-state index contributed by atoms with van der Waals surface area (Å²) in [6.45, 7) is 1.53. The smallest absolute Gasteiger partial charge is 0.251 e. The largest absolute Gasteiger partial charge is 0.497 e. The zero-order chi connectivity index (χ0) is 17.9. The van der Waals surface area contributed by atoms with E-state index in [1.165, 1.54) is 14.0 Å². The van der Waals surface area contributed by atoms with Crippen LogP contribution in [0.1, 0.15) is 28.9 Å². The fourth-order valence-corrected chi connectivity index (χ4v) is 2.15. The Morgan fingerprint density at radius 2 is 1.67 bits per heavy atom. The second-order valence-corrected chi connectivity index (χ2v) is 5.23. The van der Waals surface area contributed by atoms with Gasteiger partial charge in [-0.3, -0.25) is 4.79 Å². The Hall–Kier alpha value is -2.54. The van der Waals surface area contributed by atoms with Crippen LogP contribution in [0.5, 0.6) is 5.75 Å². The maximum atomic E-state index is 13.2. The maximum Gasteiger partial charge on any atom is 0.251 e. The van der Waals surface area contributed by atoms with E-state index in [1.807, 2.05) is 0 Å². The Kier molecular flexibility index (Phi) is 5.46. The average Bonchev–Trinajstić information content (AvgIpc) is 2.58. The molecule has 0 aliphatic heterocycles. The van der Waals surface area contributed by atoms with Gasteiger partial charge in [0, 0.05) is 5.56 Å². The van der Waals surface area contributed by atoms with Crippen molar-refractivity contribution in [2.75, 3.05) is 7.11 Å². The highest BCUT2D eigenvalue weighted by Crippen LogP contribution is 2.21. The number of hydrogen-bond acceptors (Lipinski definition) is 3. The minimum atomic E-state index is -1.64. The van der Waals surface area contributed by atoms with Crippen LogP contribution in [-0.4, -0.2) is 24.2 Å². The molecule has 2 N–H and O–H groups in total. The molecule has 128 valence electrons. The Bertz CT molecular complexity index is 711. The van der Waals surface area contributed by atoms with Crippen LogP contribution >= 0.6 is 0 Å². The number of methoxy groups -OCH3 is 1. The molecule has 0 aromatic heterocycles. The first-order valence-electron chi connectivity index (χ1n) is 7.11. The fourth-order valence-electron chi connectivity index (χ4n) is 2.15. The van der Waals surface area contributed by atoms with Gasteiger partial charge in [-0.1, -0.05) is 12.1 Å². The molecule has 0 spiro atoms. The first-order valence-corrected chi connectivity index (χ1v) is 7.11. The first-order chi connectivity index (χ1) is 11.3. The van der Waals surface area contributed by atoms with Crippen LogP contribution in [0.25, 0.3) is 0 Å². The summed E-state index contributed by atoms with van der Waals surface area (Å²) in [6.07, 6.45) is -1.05. The molecular weight excluding hydrogens is 323 g/mol. The molecule has 2 atom stereocenters. The predicted molar refractivity (Wildman–Crippen MR) is 81.2 cm³/mol. The van der Waals surface area contributed by atoms with E-state index in [-0.39, 0.29) is 5.56 Å². The molecule has 0 saturated heterocycles. The zero-order valence-electron chi connectivity index (χ0n) is 13.0. The Morgan fingerprint density at radius 3 is 2.17 bits per heavy atom. The van der Waals surface area contributed by atoms with Crippen LogP contribution in [-0.2, 0) is 0 Å². The number of hydrogen-bond donors (Lipinski definition) is 2. The molecule has 0 saturated carbocycles. The van der Waals surface area contributed by atoms with Crippen molar-refractivity contribution < 1.29 is 27.8 Å². The first kappa shape index (κ1) is 17.8. The van der Waals surface area contributed by atoms with E-state index in [0.717, 1.165) is 0 Å². The van der Waals surface area contributed by atoms with Gasteiger partial charge in [0.2, 0.25) is 0 Å². The number of halogens is 3. The number of aliphatic hydroxyl groups excluding tert-OH is 1. The van der Waals surface area contributed by atoms with Crippen LogP contribution in [0.3, 0.4) is 0 Å². The lowest BCUT2D eigenvalue weighted by atomic mass is 10.0. The van der Waals surface area contributed by atoms with Crippen molar-refractivity contribution in [2.45, 2.75) is 19.1 Å². The highest BCUT2D eigenvalue weighted by atomic mass is 19.2. The number of ether oxygens (including phenoxy) is 1. The van der Waals surface area contributed by atoms with E-state index < -0.39 is 35.5 Å². The molecule has 1 amide bonds. The van der Waals surface area contributed by atoms with E-state index in [1.54, 1.807) is 24.3 Å². The third kappa shape index (κ3) is 3.86. The summed E-state index contributed by atoms with van der Waals surface area (Å²) in [6, 6.07) is 7.00. The molecule has 0 bridgehead atoms. The number of rotatable bonds is 5. The molecule has 2 unspecified atom stereocenters. The summed E-state index contributed by atoms with van der Waals surface area (Å²) in [4.78, 5) is 12.0. The molecule has 7 heteroatoms. The van der Waals surface area contributed by atoms with Crippen molar-refractivity contribution in [3.8, 4) is 5.75 Å². The van der Waals surface area contributed by atoms with E-state index >= 15 is 0 Å². The number of nitrogens with one attached hydrogen (secondary N) is 1. The Labute approximate surface area is 136 Å². The summed E-state index contributed by atoms with van der Waals surface area (Å²) in [5.41, 5.74) is 0.153. The van der Waals surface area contributed by atoms with Crippen molar-refractivity contribution in [1.29, 1.82) is 0 Å². The molecule has 0 aliphatic carbocycles. The topological polar surface area (TPSA) is 58.6 Å². The fraction of sp³-hybridized carbons (Fsp3) is 0.235. The molecule has 0 aliphatic rings. The number of benzene rings is 2. The molecule has 0 heterocycles. The van der Waals surface area contributed by atoms with Gasteiger partial charge in [-0.25, -0.2) is 13.2 Å². The highest BCUT2D eigenvalue weighted by molar-refractivity contribution is 5.94. The van der Waals surface area contributed by atoms with Gasteiger partial charge in [0.05, 0.1) is 19.3 Å². The quantitative estimate of drug-likeness (QED) is 0.824. The lowest BCUT2D eigenvalue weighted by molar-refractivity contribution is 0.0851. The van der Waals surface area contributed by atoms with E-state index in [9.17, 15) is 23.1 Å². The number of amides is 1. The summed E-state index contributed by atoms with van der Waals surface area (Å²) >= 11 is 0. The third-order valence-electron chi connectivity index (χ3n) is 3.54. The molecule has 2 aromatic carbocycles. The van der Waals surface area contributed by atoms with E-state index in [2.05, 4.69) is 5.32 Å². The van der Waals surface area contributed by atoms with Crippen molar-refractivity contribution in [2.24, 2.45) is 0 Å². The predicted octanol–water partition coefficient (Wildman–Crippen LogP) is 2.96.